The van der Waals surface area contributed by atoms with E-state index in [-0.39, 0.29) is 0 Å². The molecular formula is C12H16O. The molecule has 1 aliphatic rings. The summed E-state index contributed by atoms with van der Waals surface area (Å²) in [5, 5.41) is 0. The number of rotatable bonds is 3. The summed E-state index contributed by atoms with van der Waals surface area (Å²) in [5.74, 6) is 0. The smallest absolute Gasteiger partial charge is 0.0655 e. The summed E-state index contributed by atoms with van der Waals surface area (Å²) in [6.45, 7) is 3.06. The second-order valence-corrected chi connectivity index (χ2v) is 3.67. The van der Waals surface area contributed by atoms with Gasteiger partial charge in [-0.2, -0.15) is 0 Å². The molecule has 0 N–H and O–H groups in total. The lowest BCUT2D eigenvalue weighted by molar-refractivity contribution is 0.0612. The normalized spacial score (nSPS) is 16.1. The molecule has 0 bridgehead atoms. The average Bonchev–Trinajstić information content (AvgIpc) is 2.57. The molecule has 2 rings (SSSR count). The highest BCUT2D eigenvalue weighted by Crippen LogP contribution is 2.23. The van der Waals surface area contributed by atoms with Crippen molar-refractivity contribution in [3.63, 3.8) is 0 Å². The van der Waals surface area contributed by atoms with Crippen molar-refractivity contribution < 1.29 is 4.74 Å². The lowest BCUT2D eigenvalue weighted by Crippen LogP contribution is -2.12. The van der Waals surface area contributed by atoms with Gasteiger partial charge in [-0.1, -0.05) is 31.2 Å². The van der Waals surface area contributed by atoms with Crippen molar-refractivity contribution in [2.45, 2.75) is 32.3 Å². The predicted octanol–water partition coefficient (Wildman–Crippen LogP) is 2.58. The maximum atomic E-state index is 5.73. The zero-order valence-corrected chi connectivity index (χ0v) is 8.12. The van der Waals surface area contributed by atoms with Crippen LogP contribution >= 0.6 is 0 Å². The van der Waals surface area contributed by atoms with Gasteiger partial charge in [0.2, 0.25) is 0 Å². The van der Waals surface area contributed by atoms with Crippen molar-refractivity contribution in [2.24, 2.45) is 0 Å². The van der Waals surface area contributed by atoms with E-state index in [1.165, 1.54) is 11.1 Å². The first-order chi connectivity index (χ1) is 6.40. The molecule has 0 aliphatic heterocycles. The molecule has 0 unspecified atom stereocenters. The largest absolute Gasteiger partial charge is 0.378 e. The van der Waals surface area contributed by atoms with Crippen molar-refractivity contribution in [1.82, 2.24) is 0 Å². The minimum Gasteiger partial charge on any atom is -0.378 e. The minimum absolute atomic E-state index is 0.442. The molecule has 0 spiro atoms. The van der Waals surface area contributed by atoms with Crippen LogP contribution in [0.1, 0.15) is 24.5 Å². The van der Waals surface area contributed by atoms with E-state index in [9.17, 15) is 0 Å². The summed E-state index contributed by atoms with van der Waals surface area (Å²) in [7, 11) is 0. The zero-order chi connectivity index (χ0) is 9.10. The first-order valence-corrected chi connectivity index (χ1v) is 5.08. The molecule has 0 heterocycles. The van der Waals surface area contributed by atoms with Crippen molar-refractivity contribution in [2.75, 3.05) is 6.61 Å². The van der Waals surface area contributed by atoms with Crippen LogP contribution < -0.4 is 0 Å². The van der Waals surface area contributed by atoms with Crippen LogP contribution in [-0.4, -0.2) is 12.7 Å². The molecule has 0 aromatic heterocycles. The lowest BCUT2D eigenvalue weighted by atomic mass is 10.1. The molecule has 1 aromatic rings. The Kier molecular flexibility index (Phi) is 2.65. The van der Waals surface area contributed by atoms with Gasteiger partial charge in [0.1, 0.15) is 0 Å². The van der Waals surface area contributed by atoms with Crippen LogP contribution in [0.15, 0.2) is 24.3 Å². The van der Waals surface area contributed by atoms with Gasteiger partial charge in [0.25, 0.3) is 0 Å². The summed E-state index contributed by atoms with van der Waals surface area (Å²) < 4.78 is 5.73. The fourth-order valence-electron chi connectivity index (χ4n) is 1.92. The number of fused-ring (bicyclic) bond motifs is 1. The zero-order valence-electron chi connectivity index (χ0n) is 8.12. The summed E-state index contributed by atoms with van der Waals surface area (Å²) in [4.78, 5) is 0. The van der Waals surface area contributed by atoms with E-state index in [2.05, 4.69) is 31.2 Å². The Morgan fingerprint density at radius 3 is 2.38 bits per heavy atom. The molecule has 0 radical (unpaired) electrons. The molecule has 0 saturated heterocycles. The summed E-state index contributed by atoms with van der Waals surface area (Å²) in [6.07, 6.45) is 3.77. The van der Waals surface area contributed by atoms with E-state index in [0.29, 0.717) is 6.10 Å². The Hall–Kier alpha value is -0.820. The Morgan fingerprint density at radius 2 is 1.85 bits per heavy atom. The third-order valence-corrected chi connectivity index (χ3v) is 2.57. The SMILES string of the molecule is CCCOC1Cc2ccccc2C1. The first kappa shape index (κ1) is 8.76. The third-order valence-electron chi connectivity index (χ3n) is 2.57. The molecule has 0 saturated carbocycles. The summed E-state index contributed by atoms with van der Waals surface area (Å²) >= 11 is 0. The molecule has 1 heteroatoms. The Morgan fingerprint density at radius 1 is 1.23 bits per heavy atom. The second-order valence-electron chi connectivity index (χ2n) is 3.67. The highest BCUT2D eigenvalue weighted by molar-refractivity contribution is 5.32. The van der Waals surface area contributed by atoms with Crippen molar-refractivity contribution in [3.05, 3.63) is 35.4 Å². The fraction of sp³-hybridized carbons (Fsp3) is 0.500. The van der Waals surface area contributed by atoms with Crippen LogP contribution in [0.2, 0.25) is 0 Å². The standard InChI is InChI=1S/C12H16O/c1-2-7-13-12-8-10-5-3-4-6-11(10)9-12/h3-6,12H,2,7-9H2,1H3. The quantitative estimate of drug-likeness (QED) is 0.687. The van der Waals surface area contributed by atoms with Crippen LogP contribution in [-0.2, 0) is 17.6 Å². The molecule has 1 nitrogen and oxygen atoms in total. The third kappa shape index (κ3) is 1.92. The average molecular weight is 176 g/mol. The van der Waals surface area contributed by atoms with Gasteiger partial charge in [-0.3, -0.25) is 0 Å². The van der Waals surface area contributed by atoms with Gasteiger partial charge in [-0.05, 0) is 30.4 Å². The molecular weight excluding hydrogens is 160 g/mol. The highest BCUT2D eigenvalue weighted by atomic mass is 16.5. The van der Waals surface area contributed by atoms with Gasteiger partial charge >= 0.3 is 0 Å². The number of hydrogen-bond donors (Lipinski definition) is 0. The molecule has 1 aromatic carbocycles. The second kappa shape index (κ2) is 3.93. The van der Waals surface area contributed by atoms with E-state index >= 15 is 0 Å². The molecule has 0 atom stereocenters. The van der Waals surface area contributed by atoms with Gasteiger partial charge in [0.05, 0.1) is 6.10 Å². The van der Waals surface area contributed by atoms with E-state index in [0.717, 1.165) is 25.9 Å². The Balaban J connectivity index is 1.97. The van der Waals surface area contributed by atoms with Crippen LogP contribution in [0.5, 0.6) is 0 Å². The fourth-order valence-corrected chi connectivity index (χ4v) is 1.92. The maximum absolute atomic E-state index is 5.73. The monoisotopic (exact) mass is 176 g/mol. The number of benzene rings is 1. The van der Waals surface area contributed by atoms with Crippen LogP contribution in [0, 0.1) is 0 Å². The summed E-state index contributed by atoms with van der Waals surface area (Å²) in [6, 6.07) is 8.65. The predicted molar refractivity (Wildman–Crippen MR) is 53.9 cm³/mol. The Bertz CT molecular complexity index is 255. The van der Waals surface area contributed by atoms with Crippen LogP contribution in [0.3, 0.4) is 0 Å². The lowest BCUT2D eigenvalue weighted by Gasteiger charge is -2.08. The molecule has 13 heavy (non-hydrogen) atoms. The van der Waals surface area contributed by atoms with Gasteiger partial charge in [-0.15, -0.1) is 0 Å². The van der Waals surface area contributed by atoms with Gasteiger partial charge in [0, 0.05) is 6.61 Å². The van der Waals surface area contributed by atoms with E-state index < -0.39 is 0 Å². The van der Waals surface area contributed by atoms with E-state index in [1.807, 2.05) is 0 Å². The molecule has 0 fully saturated rings. The Labute approximate surface area is 79.7 Å². The van der Waals surface area contributed by atoms with Gasteiger partial charge in [-0.25, -0.2) is 0 Å². The molecule has 1 aliphatic carbocycles. The first-order valence-electron chi connectivity index (χ1n) is 5.08. The number of hydrogen-bond acceptors (Lipinski definition) is 1. The van der Waals surface area contributed by atoms with Crippen molar-refractivity contribution in [3.8, 4) is 0 Å². The van der Waals surface area contributed by atoms with E-state index in [1.54, 1.807) is 0 Å². The van der Waals surface area contributed by atoms with Crippen LogP contribution in [0.4, 0.5) is 0 Å². The van der Waals surface area contributed by atoms with Crippen molar-refractivity contribution >= 4 is 0 Å². The van der Waals surface area contributed by atoms with Crippen LogP contribution in [0.25, 0.3) is 0 Å². The highest BCUT2D eigenvalue weighted by Gasteiger charge is 2.20. The minimum atomic E-state index is 0.442. The number of ether oxygens (including phenoxy) is 1. The topological polar surface area (TPSA) is 9.23 Å². The maximum Gasteiger partial charge on any atom is 0.0655 e. The van der Waals surface area contributed by atoms with Gasteiger partial charge in [0.15, 0.2) is 0 Å². The molecule has 0 amide bonds. The van der Waals surface area contributed by atoms with Crippen molar-refractivity contribution in [1.29, 1.82) is 0 Å². The summed E-state index contributed by atoms with van der Waals surface area (Å²) in [5.41, 5.74) is 2.95. The van der Waals surface area contributed by atoms with Gasteiger partial charge < -0.3 is 4.74 Å². The molecule has 70 valence electrons. The van der Waals surface area contributed by atoms with E-state index in [4.69, 9.17) is 4.74 Å².